The SMILES string of the molecule is CCOc1ccc(NS(=O)(=O)c2ccc(C(=O)Nc3ccccc3N3CCOC3=O)cc2)cc1. The van der Waals surface area contributed by atoms with Gasteiger partial charge in [0.05, 0.1) is 29.4 Å². The predicted octanol–water partition coefficient (Wildman–Crippen LogP) is 4.10. The normalized spacial score (nSPS) is 13.3. The second kappa shape index (κ2) is 9.84. The number of rotatable bonds is 8. The summed E-state index contributed by atoms with van der Waals surface area (Å²) >= 11 is 0. The molecule has 0 atom stereocenters. The Morgan fingerprint density at radius 2 is 1.74 bits per heavy atom. The molecule has 2 N–H and O–H groups in total. The zero-order chi connectivity index (χ0) is 24.1. The van der Waals surface area contributed by atoms with Crippen LogP contribution in [0, 0.1) is 0 Å². The molecule has 1 aliphatic heterocycles. The lowest BCUT2D eigenvalue weighted by atomic mass is 10.2. The summed E-state index contributed by atoms with van der Waals surface area (Å²) in [4.78, 5) is 26.1. The third-order valence-electron chi connectivity index (χ3n) is 5.05. The Labute approximate surface area is 197 Å². The van der Waals surface area contributed by atoms with Gasteiger partial charge in [-0.25, -0.2) is 13.2 Å². The highest BCUT2D eigenvalue weighted by Gasteiger charge is 2.26. The lowest BCUT2D eigenvalue weighted by molar-refractivity contribution is 0.102. The number of ether oxygens (including phenoxy) is 2. The average Bonchev–Trinajstić information content (AvgIpc) is 3.26. The van der Waals surface area contributed by atoms with E-state index in [1.165, 1.54) is 29.2 Å². The summed E-state index contributed by atoms with van der Waals surface area (Å²) in [7, 11) is -3.84. The van der Waals surface area contributed by atoms with Gasteiger partial charge in [-0.1, -0.05) is 12.1 Å². The molecule has 0 aromatic heterocycles. The van der Waals surface area contributed by atoms with Gasteiger partial charge in [0, 0.05) is 11.3 Å². The minimum atomic E-state index is -3.84. The van der Waals surface area contributed by atoms with Gasteiger partial charge in [0.1, 0.15) is 12.4 Å². The molecule has 34 heavy (non-hydrogen) atoms. The van der Waals surface area contributed by atoms with Crippen LogP contribution in [0.5, 0.6) is 5.75 Å². The number of carbonyl (C=O) groups excluding carboxylic acids is 2. The largest absolute Gasteiger partial charge is 0.494 e. The summed E-state index contributed by atoms with van der Waals surface area (Å²) < 4.78 is 38.3. The number of carbonyl (C=O) groups is 2. The molecule has 10 heteroatoms. The van der Waals surface area contributed by atoms with Crippen LogP contribution in [0.1, 0.15) is 17.3 Å². The lowest BCUT2D eigenvalue weighted by Crippen LogP contribution is -2.25. The molecular formula is C24H23N3O6S. The van der Waals surface area contributed by atoms with E-state index >= 15 is 0 Å². The predicted molar refractivity (Wildman–Crippen MR) is 128 cm³/mol. The fourth-order valence-electron chi connectivity index (χ4n) is 3.41. The Morgan fingerprint density at radius 3 is 2.38 bits per heavy atom. The molecule has 0 spiro atoms. The number of anilines is 3. The van der Waals surface area contributed by atoms with Crippen LogP contribution in [0.2, 0.25) is 0 Å². The lowest BCUT2D eigenvalue weighted by Gasteiger charge is -2.17. The van der Waals surface area contributed by atoms with Crippen molar-refractivity contribution in [2.24, 2.45) is 0 Å². The topological polar surface area (TPSA) is 114 Å². The van der Waals surface area contributed by atoms with Crippen molar-refractivity contribution in [3.05, 3.63) is 78.4 Å². The first-order valence-electron chi connectivity index (χ1n) is 10.6. The molecule has 3 aromatic rings. The average molecular weight is 482 g/mol. The second-order valence-corrected chi connectivity index (χ2v) is 9.01. The van der Waals surface area contributed by atoms with E-state index in [0.29, 0.717) is 36.0 Å². The summed E-state index contributed by atoms with van der Waals surface area (Å²) in [6, 6.07) is 19.0. The van der Waals surface area contributed by atoms with Gasteiger partial charge in [-0.05, 0) is 67.6 Å². The number of cyclic esters (lactones) is 1. The van der Waals surface area contributed by atoms with Gasteiger partial charge in [-0.3, -0.25) is 14.4 Å². The van der Waals surface area contributed by atoms with Crippen LogP contribution in [0.3, 0.4) is 0 Å². The highest BCUT2D eigenvalue weighted by atomic mass is 32.2. The van der Waals surface area contributed by atoms with Crippen LogP contribution in [0.25, 0.3) is 0 Å². The molecule has 1 heterocycles. The van der Waals surface area contributed by atoms with Crippen molar-refractivity contribution in [2.75, 3.05) is 34.7 Å². The number of benzene rings is 3. The fourth-order valence-corrected chi connectivity index (χ4v) is 4.47. The highest BCUT2D eigenvalue weighted by Crippen LogP contribution is 2.28. The molecule has 1 fully saturated rings. The van der Waals surface area contributed by atoms with E-state index in [1.807, 2.05) is 6.92 Å². The van der Waals surface area contributed by atoms with Gasteiger partial charge < -0.3 is 14.8 Å². The van der Waals surface area contributed by atoms with E-state index in [0.717, 1.165) is 0 Å². The maximum absolute atomic E-state index is 12.8. The van der Waals surface area contributed by atoms with Crippen molar-refractivity contribution in [3.63, 3.8) is 0 Å². The first-order chi connectivity index (χ1) is 16.4. The third kappa shape index (κ3) is 5.12. The van der Waals surface area contributed by atoms with E-state index in [4.69, 9.17) is 9.47 Å². The Bertz CT molecular complexity index is 1290. The van der Waals surface area contributed by atoms with Crippen molar-refractivity contribution in [2.45, 2.75) is 11.8 Å². The van der Waals surface area contributed by atoms with Gasteiger partial charge in [-0.2, -0.15) is 0 Å². The van der Waals surface area contributed by atoms with Crippen LogP contribution in [-0.2, 0) is 14.8 Å². The fraction of sp³-hybridized carbons (Fsp3) is 0.167. The van der Waals surface area contributed by atoms with Crippen LogP contribution in [0.4, 0.5) is 21.9 Å². The van der Waals surface area contributed by atoms with Crippen LogP contribution >= 0.6 is 0 Å². The number of sulfonamides is 1. The van der Waals surface area contributed by atoms with Crippen molar-refractivity contribution < 1.29 is 27.5 Å². The number of para-hydroxylation sites is 2. The summed E-state index contributed by atoms with van der Waals surface area (Å²) in [5.41, 5.74) is 1.62. The molecule has 9 nitrogen and oxygen atoms in total. The molecule has 0 radical (unpaired) electrons. The number of nitrogens with zero attached hydrogens (tertiary/aromatic N) is 1. The van der Waals surface area contributed by atoms with Crippen molar-refractivity contribution in [1.82, 2.24) is 0 Å². The molecular weight excluding hydrogens is 458 g/mol. The zero-order valence-electron chi connectivity index (χ0n) is 18.4. The minimum absolute atomic E-state index is 0.0122. The first-order valence-corrected chi connectivity index (χ1v) is 12.1. The van der Waals surface area contributed by atoms with Crippen molar-refractivity contribution >= 4 is 39.1 Å². The molecule has 1 saturated heterocycles. The Hall–Kier alpha value is -4.05. The standard InChI is InChI=1S/C24H23N3O6S/c1-2-32-19-11-9-18(10-12-19)26-34(30,31)20-13-7-17(8-14-20)23(28)25-21-5-3-4-6-22(21)27-15-16-33-24(27)29/h3-14,26H,2,15-16H2,1H3,(H,25,28). The third-order valence-corrected chi connectivity index (χ3v) is 6.45. The molecule has 176 valence electrons. The number of nitrogens with one attached hydrogen (secondary N) is 2. The smallest absolute Gasteiger partial charge is 0.414 e. The number of hydrogen-bond acceptors (Lipinski definition) is 6. The number of hydrogen-bond donors (Lipinski definition) is 2. The first kappa shape index (κ1) is 23.1. The number of amides is 2. The molecule has 0 saturated carbocycles. The Morgan fingerprint density at radius 1 is 1.03 bits per heavy atom. The van der Waals surface area contributed by atoms with Gasteiger partial charge in [-0.15, -0.1) is 0 Å². The highest BCUT2D eigenvalue weighted by molar-refractivity contribution is 7.92. The van der Waals surface area contributed by atoms with Crippen LogP contribution in [-0.4, -0.2) is 40.2 Å². The molecule has 0 bridgehead atoms. The molecule has 0 unspecified atom stereocenters. The van der Waals surface area contributed by atoms with E-state index in [9.17, 15) is 18.0 Å². The summed E-state index contributed by atoms with van der Waals surface area (Å²) in [5.74, 6) is 0.201. The summed E-state index contributed by atoms with van der Waals surface area (Å²) in [6.45, 7) is 3.05. The van der Waals surface area contributed by atoms with Gasteiger partial charge >= 0.3 is 6.09 Å². The van der Waals surface area contributed by atoms with Crippen molar-refractivity contribution in [1.29, 1.82) is 0 Å². The quantitative estimate of drug-likeness (QED) is 0.501. The van der Waals surface area contributed by atoms with Gasteiger partial charge in [0.15, 0.2) is 0 Å². The zero-order valence-corrected chi connectivity index (χ0v) is 19.2. The minimum Gasteiger partial charge on any atom is -0.494 e. The van der Waals surface area contributed by atoms with Gasteiger partial charge in [0.25, 0.3) is 15.9 Å². The molecule has 0 aliphatic carbocycles. The van der Waals surface area contributed by atoms with Crippen molar-refractivity contribution in [3.8, 4) is 5.75 Å². The Kier molecular flexibility index (Phi) is 6.69. The summed E-state index contributed by atoms with van der Waals surface area (Å²) in [5, 5.41) is 2.77. The van der Waals surface area contributed by atoms with Crippen LogP contribution < -0.4 is 19.7 Å². The monoisotopic (exact) mass is 481 g/mol. The summed E-state index contributed by atoms with van der Waals surface area (Å²) in [6.07, 6.45) is -0.476. The Balaban J connectivity index is 1.46. The maximum Gasteiger partial charge on any atom is 0.414 e. The molecule has 4 rings (SSSR count). The van der Waals surface area contributed by atoms with E-state index in [-0.39, 0.29) is 17.1 Å². The second-order valence-electron chi connectivity index (χ2n) is 7.32. The van der Waals surface area contributed by atoms with E-state index < -0.39 is 22.0 Å². The molecule has 3 aromatic carbocycles. The van der Waals surface area contributed by atoms with E-state index in [1.54, 1.807) is 48.5 Å². The van der Waals surface area contributed by atoms with Crippen LogP contribution in [0.15, 0.2) is 77.7 Å². The molecule has 1 aliphatic rings. The maximum atomic E-state index is 12.8. The van der Waals surface area contributed by atoms with E-state index in [2.05, 4.69) is 10.0 Å². The molecule has 2 amide bonds. The van der Waals surface area contributed by atoms with Gasteiger partial charge in [0.2, 0.25) is 0 Å².